The monoisotopic (exact) mass is 370 g/mol. The van der Waals surface area contributed by atoms with Gasteiger partial charge in [0.25, 0.3) is 0 Å². The van der Waals surface area contributed by atoms with Gasteiger partial charge in [-0.2, -0.15) is 0 Å². The van der Waals surface area contributed by atoms with E-state index in [1.54, 1.807) is 11.1 Å². The molecule has 0 saturated heterocycles. The van der Waals surface area contributed by atoms with Crippen LogP contribution in [0.15, 0.2) is 36.4 Å². The molecule has 0 spiro atoms. The second-order valence-corrected chi connectivity index (χ2v) is 10.7. The normalized spacial score (nSPS) is 18.0. The van der Waals surface area contributed by atoms with E-state index in [2.05, 4.69) is 100 Å². The summed E-state index contributed by atoms with van der Waals surface area (Å²) in [6.45, 7) is 28.0. The lowest BCUT2D eigenvalue weighted by atomic mass is 9.60. The molecule has 0 amide bonds. The van der Waals surface area contributed by atoms with Crippen LogP contribution in [0.5, 0.6) is 0 Å². The summed E-state index contributed by atoms with van der Waals surface area (Å²) < 4.78 is 0. The standard InChI is InChI=1S/C27H46/c1-12-26(10,18-20(3)4)23-16-14-15-17-24(23)27(11,13-2)19-25(8,9)22(7)21(5)6/h14-17,20,22H,5,12-13,18-19H2,1-4,6-11H3. The van der Waals surface area contributed by atoms with Gasteiger partial charge in [-0.05, 0) is 71.8 Å². The zero-order valence-corrected chi connectivity index (χ0v) is 20.0. The molecular formula is C27H46. The maximum atomic E-state index is 4.25. The number of rotatable bonds is 10. The fraction of sp³-hybridized carbons (Fsp3) is 0.704. The third-order valence-electron chi connectivity index (χ3n) is 7.40. The summed E-state index contributed by atoms with van der Waals surface area (Å²) in [4.78, 5) is 0. The highest BCUT2D eigenvalue weighted by atomic mass is 14.4. The van der Waals surface area contributed by atoms with Crippen molar-refractivity contribution in [2.24, 2.45) is 17.3 Å². The summed E-state index contributed by atoms with van der Waals surface area (Å²) in [5.74, 6) is 1.22. The van der Waals surface area contributed by atoms with Crippen LogP contribution in [0.25, 0.3) is 0 Å². The molecule has 3 unspecified atom stereocenters. The lowest BCUT2D eigenvalue weighted by Gasteiger charge is -2.44. The Bertz CT molecular complexity index is 621. The van der Waals surface area contributed by atoms with Crippen molar-refractivity contribution in [2.75, 3.05) is 0 Å². The Hall–Kier alpha value is -1.04. The molecule has 1 rings (SSSR count). The minimum Gasteiger partial charge on any atom is -0.0999 e. The quantitative estimate of drug-likeness (QED) is 0.361. The van der Waals surface area contributed by atoms with E-state index in [0.717, 1.165) is 6.42 Å². The molecule has 0 aromatic heterocycles. The Kier molecular flexibility index (Phi) is 7.98. The van der Waals surface area contributed by atoms with Crippen molar-refractivity contribution >= 4 is 0 Å². The number of benzene rings is 1. The van der Waals surface area contributed by atoms with E-state index in [4.69, 9.17) is 0 Å². The molecular weight excluding hydrogens is 324 g/mol. The molecule has 0 aliphatic heterocycles. The Morgan fingerprint density at radius 3 is 1.70 bits per heavy atom. The molecule has 0 bridgehead atoms. The zero-order valence-electron chi connectivity index (χ0n) is 20.0. The number of allylic oxidation sites excluding steroid dienone is 1. The van der Waals surface area contributed by atoms with Crippen LogP contribution in [0.3, 0.4) is 0 Å². The summed E-state index contributed by atoms with van der Waals surface area (Å²) in [5.41, 5.74) is 5.08. The predicted octanol–water partition coefficient (Wildman–Crippen LogP) is 8.70. The van der Waals surface area contributed by atoms with Gasteiger partial charge in [-0.25, -0.2) is 0 Å². The maximum absolute atomic E-state index is 4.25. The van der Waals surface area contributed by atoms with Gasteiger partial charge < -0.3 is 0 Å². The topological polar surface area (TPSA) is 0 Å². The first-order valence-electron chi connectivity index (χ1n) is 11.1. The van der Waals surface area contributed by atoms with Gasteiger partial charge in [-0.1, -0.05) is 98.7 Å². The first-order valence-corrected chi connectivity index (χ1v) is 11.1. The van der Waals surface area contributed by atoms with Crippen LogP contribution in [0, 0.1) is 17.3 Å². The fourth-order valence-electron chi connectivity index (χ4n) is 5.12. The molecule has 0 radical (unpaired) electrons. The molecule has 0 fully saturated rings. The Balaban J connectivity index is 3.47. The average molecular weight is 371 g/mol. The molecule has 27 heavy (non-hydrogen) atoms. The number of hydrogen-bond acceptors (Lipinski definition) is 0. The van der Waals surface area contributed by atoms with E-state index in [0.29, 0.717) is 11.8 Å². The second-order valence-electron chi connectivity index (χ2n) is 10.7. The maximum Gasteiger partial charge on any atom is -0.00697 e. The van der Waals surface area contributed by atoms with Crippen molar-refractivity contribution in [1.82, 2.24) is 0 Å². The molecule has 0 aliphatic rings. The Morgan fingerprint density at radius 2 is 1.33 bits per heavy atom. The molecule has 0 heteroatoms. The van der Waals surface area contributed by atoms with E-state index in [1.165, 1.54) is 24.8 Å². The van der Waals surface area contributed by atoms with Crippen LogP contribution < -0.4 is 0 Å². The van der Waals surface area contributed by atoms with E-state index >= 15 is 0 Å². The smallest absolute Gasteiger partial charge is 0.00697 e. The minimum atomic E-state index is 0.178. The largest absolute Gasteiger partial charge is 0.0999 e. The molecule has 1 aromatic rings. The molecule has 0 heterocycles. The van der Waals surface area contributed by atoms with E-state index in [-0.39, 0.29) is 16.2 Å². The van der Waals surface area contributed by atoms with Gasteiger partial charge in [-0.3, -0.25) is 0 Å². The van der Waals surface area contributed by atoms with Crippen molar-refractivity contribution in [3.63, 3.8) is 0 Å². The summed E-state index contributed by atoms with van der Waals surface area (Å²) in [7, 11) is 0. The molecule has 154 valence electrons. The molecule has 0 saturated carbocycles. The Morgan fingerprint density at radius 1 is 0.889 bits per heavy atom. The van der Waals surface area contributed by atoms with Crippen molar-refractivity contribution < 1.29 is 0 Å². The third-order valence-corrected chi connectivity index (χ3v) is 7.40. The molecule has 0 aliphatic carbocycles. The van der Waals surface area contributed by atoms with E-state index in [9.17, 15) is 0 Å². The van der Waals surface area contributed by atoms with Gasteiger partial charge in [0, 0.05) is 0 Å². The van der Waals surface area contributed by atoms with E-state index in [1.807, 2.05) is 0 Å². The third kappa shape index (κ3) is 5.49. The van der Waals surface area contributed by atoms with Crippen LogP contribution in [-0.2, 0) is 10.8 Å². The molecule has 1 aromatic carbocycles. The zero-order chi connectivity index (χ0) is 21.0. The van der Waals surface area contributed by atoms with Crippen LogP contribution >= 0.6 is 0 Å². The summed E-state index contributed by atoms with van der Waals surface area (Å²) in [6, 6.07) is 9.30. The first-order chi connectivity index (χ1) is 12.3. The molecule has 0 nitrogen and oxygen atoms in total. The first kappa shape index (κ1) is 24.0. The molecule has 0 N–H and O–H groups in total. The van der Waals surface area contributed by atoms with E-state index < -0.39 is 0 Å². The van der Waals surface area contributed by atoms with Gasteiger partial charge in [0.15, 0.2) is 0 Å². The highest BCUT2D eigenvalue weighted by Crippen LogP contribution is 2.48. The summed E-state index contributed by atoms with van der Waals surface area (Å²) in [5, 5.41) is 0. The van der Waals surface area contributed by atoms with Gasteiger partial charge in [0.05, 0.1) is 0 Å². The minimum absolute atomic E-state index is 0.178. The van der Waals surface area contributed by atoms with Crippen molar-refractivity contribution in [3.8, 4) is 0 Å². The average Bonchev–Trinajstić information content (AvgIpc) is 2.59. The van der Waals surface area contributed by atoms with Crippen molar-refractivity contribution in [3.05, 3.63) is 47.5 Å². The van der Waals surface area contributed by atoms with Crippen LogP contribution in [0.1, 0.15) is 106 Å². The lowest BCUT2D eigenvalue weighted by molar-refractivity contribution is 0.178. The second kappa shape index (κ2) is 8.97. The lowest BCUT2D eigenvalue weighted by Crippen LogP contribution is -2.36. The number of hydrogen-bond donors (Lipinski definition) is 0. The van der Waals surface area contributed by atoms with Crippen LogP contribution in [0.4, 0.5) is 0 Å². The van der Waals surface area contributed by atoms with Crippen LogP contribution in [0.2, 0.25) is 0 Å². The van der Waals surface area contributed by atoms with Gasteiger partial charge >= 0.3 is 0 Å². The highest BCUT2D eigenvalue weighted by molar-refractivity contribution is 5.39. The summed E-state index contributed by atoms with van der Waals surface area (Å²) >= 11 is 0. The SMILES string of the molecule is C=C(C)C(C)C(C)(C)CC(C)(CC)c1ccccc1C(C)(CC)CC(C)C. The fourth-order valence-corrected chi connectivity index (χ4v) is 5.12. The Labute approximate surface area is 170 Å². The predicted molar refractivity (Wildman–Crippen MR) is 124 cm³/mol. The van der Waals surface area contributed by atoms with Gasteiger partial charge in [-0.15, -0.1) is 0 Å². The highest BCUT2D eigenvalue weighted by Gasteiger charge is 2.39. The molecule has 3 atom stereocenters. The van der Waals surface area contributed by atoms with Gasteiger partial charge in [0.1, 0.15) is 0 Å². The van der Waals surface area contributed by atoms with Crippen LogP contribution in [-0.4, -0.2) is 0 Å². The summed E-state index contributed by atoms with van der Waals surface area (Å²) in [6.07, 6.45) is 4.78. The van der Waals surface area contributed by atoms with Gasteiger partial charge in [0.2, 0.25) is 0 Å². The van der Waals surface area contributed by atoms with Crippen molar-refractivity contribution in [1.29, 1.82) is 0 Å². The van der Waals surface area contributed by atoms with Crippen molar-refractivity contribution in [2.45, 2.75) is 106 Å².